The van der Waals surface area contributed by atoms with Gasteiger partial charge < -0.3 is 21.1 Å². The van der Waals surface area contributed by atoms with Crippen molar-refractivity contribution in [3.05, 3.63) is 36.4 Å². The Kier molecular flexibility index (Phi) is 5.08. The number of carbonyl (C=O) groups is 2. The summed E-state index contributed by atoms with van der Waals surface area (Å²) in [6.07, 6.45) is 4.31. The number of hydrogen-bond donors (Lipinski definition) is 3. The number of benzene rings is 1. The van der Waals surface area contributed by atoms with Gasteiger partial charge in [0.1, 0.15) is 6.61 Å². The molecule has 1 aromatic rings. The summed E-state index contributed by atoms with van der Waals surface area (Å²) >= 11 is 0. The average Bonchev–Trinajstić information content (AvgIpc) is 2.88. The summed E-state index contributed by atoms with van der Waals surface area (Å²) in [6, 6.07) is 6.87. The minimum absolute atomic E-state index is 0.00670. The highest BCUT2D eigenvalue weighted by Gasteiger charge is 2.22. The zero-order chi connectivity index (χ0) is 15.2. The fraction of sp³-hybridized carbons (Fsp3) is 0.333. The Hall–Kier alpha value is -2.18. The Morgan fingerprint density at radius 1 is 1.19 bits per heavy atom. The van der Waals surface area contributed by atoms with Gasteiger partial charge in [-0.2, -0.15) is 0 Å². The molecule has 2 atom stereocenters. The first kappa shape index (κ1) is 15.2. The van der Waals surface area contributed by atoms with Gasteiger partial charge in [-0.25, -0.2) is 0 Å². The fourth-order valence-electron chi connectivity index (χ4n) is 2.12. The Morgan fingerprint density at radius 3 is 2.33 bits per heavy atom. The predicted molar refractivity (Wildman–Crippen MR) is 80.8 cm³/mol. The zero-order valence-electron chi connectivity index (χ0n) is 11.8. The highest BCUT2D eigenvalue weighted by molar-refractivity contribution is 5.95. The number of anilines is 2. The van der Waals surface area contributed by atoms with Crippen LogP contribution in [0.2, 0.25) is 0 Å². The van der Waals surface area contributed by atoms with E-state index in [9.17, 15) is 9.59 Å². The lowest BCUT2D eigenvalue weighted by atomic mass is 10.1. The van der Waals surface area contributed by atoms with E-state index in [2.05, 4.69) is 10.6 Å². The summed E-state index contributed by atoms with van der Waals surface area (Å²) in [5.41, 5.74) is 7.06. The van der Waals surface area contributed by atoms with Crippen LogP contribution in [0.15, 0.2) is 36.4 Å². The molecule has 2 unspecified atom stereocenters. The van der Waals surface area contributed by atoms with Crippen LogP contribution in [0.5, 0.6) is 0 Å². The van der Waals surface area contributed by atoms with Gasteiger partial charge in [-0.05, 0) is 30.7 Å². The van der Waals surface area contributed by atoms with Gasteiger partial charge in [0, 0.05) is 24.5 Å². The number of nitrogens with two attached hydrogens (primary N) is 1. The minimum atomic E-state index is -0.223. The number of carbonyl (C=O) groups excluding carboxylic acids is 2. The van der Waals surface area contributed by atoms with Crippen molar-refractivity contribution in [1.29, 1.82) is 0 Å². The van der Waals surface area contributed by atoms with Crippen LogP contribution in [0.25, 0.3) is 0 Å². The van der Waals surface area contributed by atoms with Crippen LogP contribution < -0.4 is 16.4 Å². The van der Waals surface area contributed by atoms with Crippen LogP contribution in [0.4, 0.5) is 11.4 Å². The fourth-order valence-corrected chi connectivity index (χ4v) is 2.12. The van der Waals surface area contributed by atoms with Crippen LogP contribution in [0.3, 0.4) is 0 Å². The van der Waals surface area contributed by atoms with Crippen LogP contribution >= 0.6 is 0 Å². The Labute approximate surface area is 123 Å². The van der Waals surface area contributed by atoms with Gasteiger partial charge in [0.15, 0.2) is 0 Å². The van der Waals surface area contributed by atoms with Crippen LogP contribution in [-0.4, -0.2) is 31.6 Å². The molecule has 1 aromatic carbocycles. The SMILES string of the molecule is COCC(=O)Nc1ccc(NC(=O)C2C=CC(N)C2)cc1. The number of amides is 2. The molecule has 0 saturated heterocycles. The van der Waals surface area contributed by atoms with Gasteiger partial charge in [-0.3, -0.25) is 9.59 Å². The second-order valence-electron chi connectivity index (χ2n) is 4.94. The smallest absolute Gasteiger partial charge is 0.250 e. The monoisotopic (exact) mass is 289 g/mol. The molecular formula is C15H19N3O3. The molecule has 0 spiro atoms. The molecule has 0 saturated carbocycles. The zero-order valence-corrected chi connectivity index (χ0v) is 11.8. The normalized spacial score (nSPS) is 20.3. The number of ether oxygens (including phenoxy) is 1. The molecular weight excluding hydrogens is 270 g/mol. The van der Waals surface area contributed by atoms with Crippen molar-refractivity contribution in [2.75, 3.05) is 24.4 Å². The van der Waals surface area contributed by atoms with Crippen molar-refractivity contribution in [3.8, 4) is 0 Å². The number of methoxy groups -OCH3 is 1. The van der Waals surface area contributed by atoms with Crippen molar-refractivity contribution >= 4 is 23.2 Å². The molecule has 1 aliphatic carbocycles. The maximum atomic E-state index is 12.0. The topological polar surface area (TPSA) is 93.5 Å². The lowest BCUT2D eigenvalue weighted by Gasteiger charge is -2.11. The van der Waals surface area contributed by atoms with E-state index >= 15 is 0 Å². The molecule has 2 rings (SSSR count). The lowest BCUT2D eigenvalue weighted by Crippen LogP contribution is -2.24. The molecule has 0 aliphatic heterocycles. The summed E-state index contributed by atoms with van der Waals surface area (Å²) in [7, 11) is 1.46. The van der Waals surface area contributed by atoms with Crippen molar-refractivity contribution < 1.29 is 14.3 Å². The average molecular weight is 289 g/mol. The molecule has 2 amide bonds. The van der Waals surface area contributed by atoms with Crippen molar-refractivity contribution in [2.24, 2.45) is 11.7 Å². The molecule has 21 heavy (non-hydrogen) atoms. The Bertz CT molecular complexity index is 540. The van der Waals surface area contributed by atoms with Crippen molar-refractivity contribution in [2.45, 2.75) is 12.5 Å². The second-order valence-corrected chi connectivity index (χ2v) is 4.94. The first-order valence-corrected chi connectivity index (χ1v) is 6.72. The molecule has 4 N–H and O–H groups in total. The van der Waals surface area contributed by atoms with E-state index in [0.717, 1.165) is 0 Å². The van der Waals surface area contributed by atoms with Gasteiger partial charge >= 0.3 is 0 Å². The van der Waals surface area contributed by atoms with E-state index in [-0.39, 0.29) is 30.4 Å². The Morgan fingerprint density at radius 2 is 1.81 bits per heavy atom. The van der Waals surface area contributed by atoms with Crippen molar-refractivity contribution in [1.82, 2.24) is 0 Å². The summed E-state index contributed by atoms with van der Waals surface area (Å²) in [4.78, 5) is 23.4. The summed E-state index contributed by atoms with van der Waals surface area (Å²) in [5, 5.41) is 5.51. The third-order valence-electron chi connectivity index (χ3n) is 3.17. The number of nitrogens with one attached hydrogen (secondary N) is 2. The van der Waals surface area contributed by atoms with Gasteiger partial charge in [-0.15, -0.1) is 0 Å². The maximum Gasteiger partial charge on any atom is 0.250 e. The molecule has 6 heteroatoms. The molecule has 0 radical (unpaired) electrons. The molecule has 0 heterocycles. The van der Waals surface area contributed by atoms with E-state index < -0.39 is 0 Å². The Balaban J connectivity index is 1.89. The van der Waals surface area contributed by atoms with E-state index in [0.29, 0.717) is 17.8 Å². The molecule has 6 nitrogen and oxygen atoms in total. The first-order valence-electron chi connectivity index (χ1n) is 6.72. The summed E-state index contributed by atoms with van der Waals surface area (Å²) < 4.78 is 4.73. The quantitative estimate of drug-likeness (QED) is 0.708. The van der Waals surface area contributed by atoms with Crippen LogP contribution in [0.1, 0.15) is 6.42 Å². The lowest BCUT2D eigenvalue weighted by molar-refractivity contribution is -0.120. The molecule has 0 fully saturated rings. The third kappa shape index (κ3) is 4.40. The molecule has 0 bridgehead atoms. The van der Waals surface area contributed by atoms with Crippen molar-refractivity contribution in [3.63, 3.8) is 0 Å². The third-order valence-corrected chi connectivity index (χ3v) is 3.17. The van der Waals surface area contributed by atoms with Crippen LogP contribution in [0, 0.1) is 5.92 Å². The number of hydrogen-bond acceptors (Lipinski definition) is 4. The summed E-state index contributed by atoms with van der Waals surface area (Å²) in [6.45, 7) is 0.00670. The van der Waals surface area contributed by atoms with Gasteiger partial charge in [0.25, 0.3) is 0 Å². The molecule has 0 aromatic heterocycles. The maximum absolute atomic E-state index is 12.0. The second kappa shape index (κ2) is 7.01. The van der Waals surface area contributed by atoms with Gasteiger partial charge in [-0.1, -0.05) is 12.2 Å². The van der Waals surface area contributed by atoms with E-state index in [1.54, 1.807) is 24.3 Å². The van der Waals surface area contributed by atoms with Crippen LogP contribution in [-0.2, 0) is 14.3 Å². The molecule has 112 valence electrons. The number of rotatable bonds is 5. The molecule has 1 aliphatic rings. The highest BCUT2D eigenvalue weighted by Crippen LogP contribution is 2.20. The first-order chi connectivity index (χ1) is 10.1. The highest BCUT2D eigenvalue weighted by atomic mass is 16.5. The van der Waals surface area contributed by atoms with E-state index in [1.807, 2.05) is 12.2 Å². The largest absolute Gasteiger partial charge is 0.375 e. The van der Waals surface area contributed by atoms with E-state index in [1.165, 1.54) is 7.11 Å². The predicted octanol–water partition coefficient (Wildman–Crippen LogP) is 1.11. The van der Waals surface area contributed by atoms with E-state index in [4.69, 9.17) is 10.5 Å². The summed E-state index contributed by atoms with van der Waals surface area (Å²) in [5.74, 6) is -0.476. The van der Waals surface area contributed by atoms with Gasteiger partial charge in [0.05, 0.1) is 5.92 Å². The van der Waals surface area contributed by atoms with Gasteiger partial charge in [0.2, 0.25) is 11.8 Å². The standard InChI is InChI=1S/C15H19N3O3/c1-21-9-14(19)17-12-4-6-13(7-5-12)18-15(20)10-2-3-11(16)8-10/h2-7,10-11H,8-9,16H2,1H3,(H,17,19)(H,18,20). The minimum Gasteiger partial charge on any atom is -0.375 e.